The average molecular weight is 391 g/mol. The molecule has 7 heteroatoms. The molecule has 0 fully saturated rings. The number of fused-ring (bicyclic) bond motifs is 1. The van der Waals surface area contributed by atoms with Crippen molar-refractivity contribution in [3.8, 4) is 23.0 Å². The summed E-state index contributed by atoms with van der Waals surface area (Å²) >= 11 is 6.20. The molecule has 0 aliphatic carbocycles. The van der Waals surface area contributed by atoms with Crippen molar-refractivity contribution in [2.24, 2.45) is 0 Å². The monoisotopic (exact) mass is 390 g/mol. The van der Waals surface area contributed by atoms with Crippen LogP contribution in [0.2, 0.25) is 5.02 Å². The topological polar surface area (TPSA) is 63.2 Å². The highest BCUT2D eigenvalue weighted by molar-refractivity contribution is 6.32. The van der Waals surface area contributed by atoms with Gasteiger partial charge in [0, 0.05) is 6.08 Å². The van der Waals surface area contributed by atoms with Gasteiger partial charge in [-0.1, -0.05) is 17.7 Å². The Balaban J connectivity index is 1.62. The van der Waals surface area contributed by atoms with Gasteiger partial charge in [0.25, 0.3) is 0 Å². The molecule has 2 aromatic carbocycles. The third-order valence-corrected chi connectivity index (χ3v) is 4.05. The van der Waals surface area contributed by atoms with E-state index in [9.17, 15) is 4.79 Å². The number of methoxy groups -OCH3 is 1. The Bertz CT molecular complexity index is 862. The normalized spacial score (nSPS) is 12.3. The van der Waals surface area contributed by atoms with Crippen LogP contribution in [0, 0.1) is 0 Å². The molecule has 3 rings (SSSR count). The number of hydrogen-bond acceptors (Lipinski definition) is 6. The predicted octanol–water partition coefficient (Wildman–Crippen LogP) is 4.23. The quantitative estimate of drug-likeness (QED) is 0.520. The maximum atomic E-state index is 12.0. The highest BCUT2D eigenvalue weighted by atomic mass is 35.5. The summed E-state index contributed by atoms with van der Waals surface area (Å²) in [5.74, 6) is 1.83. The SMILES string of the molecule is CCOc1cc(/C=C/C(=O)OCc2ccc3c(c2)OCO3)cc(Cl)c1OC. The summed E-state index contributed by atoms with van der Waals surface area (Å²) in [5.41, 5.74) is 1.51. The molecule has 0 unspecified atom stereocenters. The minimum Gasteiger partial charge on any atom is -0.491 e. The first-order chi connectivity index (χ1) is 13.1. The van der Waals surface area contributed by atoms with E-state index in [1.165, 1.54) is 13.2 Å². The number of rotatable bonds is 7. The fraction of sp³-hybridized carbons (Fsp3) is 0.250. The Hall–Kier alpha value is -2.86. The highest BCUT2D eigenvalue weighted by Crippen LogP contribution is 2.36. The van der Waals surface area contributed by atoms with Gasteiger partial charge in [-0.25, -0.2) is 4.79 Å². The van der Waals surface area contributed by atoms with Crippen LogP contribution in [0.4, 0.5) is 0 Å². The van der Waals surface area contributed by atoms with Crippen LogP contribution in [-0.2, 0) is 16.1 Å². The Morgan fingerprint density at radius 3 is 2.81 bits per heavy atom. The number of halogens is 1. The van der Waals surface area contributed by atoms with E-state index in [1.807, 2.05) is 13.0 Å². The van der Waals surface area contributed by atoms with Crippen molar-refractivity contribution in [1.82, 2.24) is 0 Å². The number of carbonyl (C=O) groups is 1. The van der Waals surface area contributed by atoms with E-state index in [0.717, 1.165) is 5.56 Å². The predicted molar refractivity (Wildman–Crippen MR) is 101 cm³/mol. The summed E-state index contributed by atoms with van der Waals surface area (Å²) in [6.45, 7) is 2.67. The van der Waals surface area contributed by atoms with Crippen LogP contribution in [0.5, 0.6) is 23.0 Å². The van der Waals surface area contributed by atoms with E-state index in [4.69, 9.17) is 35.3 Å². The molecule has 0 aromatic heterocycles. The van der Waals surface area contributed by atoms with Crippen molar-refractivity contribution in [2.45, 2.75) is 13.5 Å². The molecule has 0 amide bonds. The summed E-state index contributed by atoms with van der Waals surface area (Å²) in [4.78, 5) is 12.0. The summed E-state index contributed by atoms with van der Waals surface area (Å²) in [7, 11) is 1.52. The zero-order chi connectivity index (χ0) is 19.2. The van der Waals surface area contributed by atoms with Gasteiger partial charge in [0.15, 0.2) is 23.0 Å². The number of hydrogen-bond donors (Lipinski definition) is 0. The Morgan fingerprint density at radius 2 is 2.04 bits per heavy atom. The first kappa shape index (κ1) is 18.9. The van der Waals surface area contributed by atoms with Crippen LogP contribution in [0.25, 0.3) is 6.08 Å². The van der Waals surface area contributed by atoms with Crippen molar-refractivity contribution in [1.29, 1.82) is 0 Å². The first-order valence-corrected chi connectivity index (χ1v) is 8.72. The minimum atomic E-state index is -0.474. The maximum Gasteiger partial charge on any atom is 0.331 e. The fourth-order valence-electron chi connectivity index (χ4n) is 2.54. The zero-order valence-corrected chi connectivity index (χ0v) is 15.7. The standard InChI is InChI=1S/C20H19ClO6/c1-3-24-18-9-13(8-15(21)20(18)23-2)5-7-19(22)25-11-14-4-6-16-17(10-14)27-12-26-16/h4-10H,3,11-12H2,1-2H3/b7-5+. The third-order valence-electron chi connectivity index (χ3n) is 3.77. The largest absolute Gasteiger partial charge is 0.491 e. The van der Waals surface area contributed by atoms with Gasteiger partial charge in [0.05, 0.1) is 18.7 Å². The summed E-state index contributed by atoms with van der Waals surface area (Å²) < 4.78 is 26.6. The first-order valence-electron chi connectivity index (χ1n) is 8.34. The number of carbonyl (C=O) groups excluding carboxylic acids is 1. The van der Waals surface area contributed by atoms with E-state index < -0.39 is 5.97 Å². The molecule has 0 atom stereocenters. The maximum absolute atomic E-state index is 12.0. The lowest BCUT2D eigenvalue weighted by Crippen LogP contribution is -2.01. The van der Waals surface area contributed by atoms with Gasteiger partial charge in [-0.2, -0.15) is 0 Å². The van der Waals surface area contributed by atoms with Crippen molar-refractivity contribution in [3.63, 3.8) is 0 Å². The Labute approximate surface area is 162 Å². The van der Waals surface area contributed by atoms with E-state index in [0.29, 0.717) is 40.2 Å². The minimum absolute atomic E-state index is 0.132. The van der Waals surface area contributed by atoms with Crippen LogP contribution in [0.3, 0.4) is 0 Å². The number of benzene rings is 2. The smallest absolute Gasteiger partial charge is 0.331 e. The van der Waals surface area contributed by atoms with E-state index in [2.05, 4.69) is 0 Å². The molecule has 0 saturated carbocycles. The van der Waals surface area contributed by atoms with Crippen molar-refractivity contribution in [3.05, 3.63) is 52.6 Å². The van der Waals surface area contributed by atoms with E-state index in [1.54, 1.807) is 30.3 Å². The second-order valence-corrected chi connectivity index (χ2v) is 6.00. The molecular weight excluding hydrogens is 372 g/mol. The fourth-order valence-corrected chi connectivity index (χ4v) is 2.84. The number of ether oxygens (including phenoxy) is 5. The van der Waals surface area contributed by atoms with Crippen molar-refractivity contribution in [2.75, 3.05) is 20.5 Å². The lowest BCUT2D eigenvalue weighted by Gasteiger charge is -2.11. The van der Waals surface area contributed by atoms with Crippen molar-refractivity contribution < 1.29 is 28.5 Å². The van der Waals surface area contributed by atoms with Gasteiger partial charge in [-0.15, -0.1) is 0 Å². The molecule has 6 nitrogen and oxygen atoms in total. The third kappa shape index (κ3) is 4.65. The molecule has 2 aromatic rings. The molecule has 27 heavy (non-hydrogen) atoms. The number of esters is 1. The van der Waals surface area contributed by atoms with Gasteiger partial charge in [-0.05, 0) is 48.4 Å². The van der Waals surface area contributed by atoms with Crippen LogP contribution >= 0.6 is 11.6 Å². The second kappa shape index (κ2) is 8.68. The van der Waals surface area contributed by atoms with Crippen LogP contribution in [0.1, 0.15) is 18.1 Å². The molecule has 0 radical (unpaired) electrons. The zero-order valence-electron chi connectivity index (χ0n) is 15.0. The van der Waals surface area contributed by atoms with Crippen LogP contribution in [-0.4, -0.2) is 26.5 Å². The van der Waals surface area contributed by atoms with Crippen LogP contribution in [0.15, 0.2) is 36.4 Å². The van der Waals surface area contributed by atoms with Crippen LogP contribution < -0.4 is 18.9 Å². The highest BCUT2D eigenvalue weighted by Gasteiger charge is 2.14. The van der Waals surface area contributed by atoms with Gasteiger partial charge < -0.3 is 23.7 Å². The summed E-state index contributed by atoms with van der Waals surface area (Å²) in [6, 6.07) is 8.83. The molecule has 142 valence electrons. The van der Waals surface area contributed by atoms with Gasteiger partial charge in [0.1, 0.15) is 6.61 Å². The average Bonchev–Trinajstić information content (AvgIpc) is 3.12. The molecule has 0 spiro atoms. The van der Waals surface area contributed by atoms with Gasteiger partial charge in [-0.3, -0.25) is 0 Å². The van der Waals surface area contributed by atoms with Gasteiger partial charge >= 0.3 is 5.97 Å². The van der Waals surface area contributed by atoms with Gasteiger partial charge in [0.2, 0.25) is 6.79 Å². The lowest BCUT2D eigenvalue weighted by atomic mass is 10.2. The molecule has 0 saturated heterocycles. The molecular formula is C20H19ClO6. The lowest BCUT2D eigenvalue weighted by molar-refractivity contribution is -0.138. The molecule has 0 N–H and O–H groups in total. The Morgan fingerprint density at radius 1 is 1.22 bits per heavy atom. The Kier molecular flexibility index (Phi) is 6.08. The molecule has 1 aliphatic heterocycles. The molecule has 1 aliphatic rings. The second-order valence-electron chi connectivity index (χ2n) is 5.60. The summed E-state index contributed by atoms with van der Waals surface area (Å²) in [6.07, 6.45) is 2.94. The molecule has 1 heterocycles. The van der Waals surface area contributed by atoms with E-state index in [-0.39, 0.29) is 13.4 Å². The molecule has 0 bridgehead atoms. The van der Waals surface area contributed by atoms with Crippen molar-refractivity contribution >= 4 is 23.6 Å². The summed E-state index contributed by atoms with van der Waals surface area (Å²) in [5, 5.41) is 0.400. The van der Waals surface area contributed by atoms with E-state index >= 15 is 0 Å².